The average molecular weight is 289 g/mol. The maximum absolute atomic E-state index is 4.85. The third-order valence-corrected chi connectivity index (χ3v) is 3.63. The monoisotopic (exact) mass is 289 g/mol. The Hall–Kier alpha value is -2.24. The van der Waals surface area contributed by atoms with Crippen molar-refractivity contribution in [3.63, 3.8) is 0 Å². The molecule has 0 aliphatic heterocycles. The van der Waals surface area contributed by atoms with Crippen LogP contribution in [0, 0.1) is 0 Å². The summed E-state index contributed by atoms with van der Waals surface area (Å²) in [5.41, 5.74) is 4.51. The second-order valence-electron chi connectivity index (χ2n) is 4.92. The maximum atomic E-state index is 4.85. The van der Waals surface area contributed by atoms with Crippen molar-refractivity contribution in [2.45, 2.75) is 0 Å². The molecule has 1 unspecified atom stereocenters. The summed E-state index contributed by atoms with van der Waals surface area (Å²) in [4.78, 5) is 4.85. The summed E-state index contributed by atoms with van der Waals surface area (Å²) in [5.74, 6) is 0. The summed E-state index contributed by atoms with van der Waals surface area (Å²) in [7, 11) is 0. The van der Waals surface area contributed by atoms with E-state index in [1.807, 2.05) is 12.1 Å². The topological polar surface area (TPSA) is 12.9 Å². The summed E-state index contributed by atoms with van der Waals surface area (Å²) in [6, 6.07) is 27.3. The van der Waals surface area contributed by atoms with E-state index >= 15 is 0 Å². The molecule has 2 heteroatoms. The Bertz CT molecular complexity index is 901. The molecule has 0 N–H and O–H groups in total. The number of para-hydroxylation sites is 2. The normalized spacial score (nSPS) is 10.5. The van der Waals surface area contributed by atoms with Gasteiger partial charge in [0.1, 0.15) is 0 Å². The van der Waals surface area contributed by atoms with Crippen LogP contribution in [0.4, 0.5) is 0 Å². The number of aromatic nitrogens is 1. The fourth-order valence-electron chi connectivity index (χ4n) is 2.65. The minimum Gasteiger partial charge on any atom is -0.247 e. The van der Waals surface area contributed by atoms with Crippen molar-refractivity contribution >= 4 is 31.7 Å². The quantitative estimate of drug-likeness (QED) is 0.350. The largest absolute Gasteiger partial charge is 0.247 e. The lowest BCUT2D eigenvalue weighted by Gasteiger charge is -2.07. The zero-order chi connectivity index (χ0) is 13.4. The smallest absolute Gasteiger partial charge is 0.0788 e. The standard InChI is InChI=1S/C19H13N.H3P/c1-2-7-14(8-3-1)17-11-6-10-16-13-15-9-4-5-12-18(15)20-19(16)17;/h1-13H;1H3. The number of fused-ring (bicyclic) bond motifs is 2. The SMILES string of the molecule is P.c1ccc(-c2cccc3cc4ccccc4nc23)cc1. The van der Waals surface area contributed by atoms with E-state index in [1.165, 1.54) is 21.9 Å². The minimum atomic E-state index is 0. The number of rotatable bonds is 1. The molecule has 0 saturated carbocycles. The van der Waals surface area contributed by atoms with Crippen molar-refractivity contribution in [1.29, 1.82) is 0 Å². The molecular formula is C19H16NP. The number of nitrogens with zero attached hydrogens (tertiary/aromatic N) is 1. The highest BCUT2D eigenvalue weighted by atomic mass is 31.0. The van der Waals surface area contributed by atoms with Gasteiger partial charge in [-0.05, 0) is 17.7 Å². The molecule has 0 bridgehead atoms. The third-order valence-electron chi connectivity index (χ3n) is 3.63. The zero-order valence-electron chi connectivity index (χ0n) is 11.7. The summed E-state index contributed by atoms with van der Waals surface area (Å²) < 4.78 is 0. The Labute approximate surface area is 127 Å². The van der Waals surface area contributed by atoms with Crippen molar-refractivity contribution < 1.29 is 0 Å². The summed E-state index contributed by atoms with van der Waals surface area (Å²) in [6.45, 7) is 0. The van der Waals surface area contributed by atoms with Gasteiger partial charge in [-0.25, -0.2) is 4.98 Å². The van der Waals surface area contributed by atoms with Crippen LogP contribution in [-0.2, 0) is 0 Å². The van der Waals surface area contributed by atoms with Gasteiger partial charge in [-0.1, -0.05) is 66.7 Å². The molecule has 1 nitrogen and oxygen atoms in total. The van der Waals surface area contributed by atoms with Gasteiger partial charge in [-0.15, -0.1) is 0 Å². The second-order valence-corrected chi connectivity index (χ2v) is 4.92. The highest BCUT2D eigenvalue weighted by molar-refractivity contribution is 6.92. The van der Waals surface area contributed by atoms with Crippen LogP contribution in [0.2, 0.25) is 0 Å². The second kappa shape index (κ2) is 5.63. The van der Waals surface area contributed by atoms with Crippen molar-refractivity contribution in [3.8, 4) is 11.1 Å². The van der Waals surface area contributed by atoms with Crippen LogP contribution in [0.3, 0.4) is 0 Å². The highest BCUT2D eigenvalue weighted by Crippen LogP contribution is 2.29. The summed E-state index contributed by atoms with van der Waals surface area (Å²) >= 11 is 0. The third kappa shape index (κ3) is 2.41. The molecule has 0 radical (unpaired) electrons. The van der Waals surface area contributed by atoms with E-state index in [1.54, 1.807) is 0 Å². The fourth-order valence-corrected chi connectivity index (χ4v) is 2.65. The molecule has 1 aromatic heterocycles. The van der Waals surface area contributed by atoms with Crippen LogP contribution >= 0.6 is 9.90 Å². The summed E-state index contributed by atoms with van der Waals surface area (Å²) in [6.07, 6.45) is 0. The lowest BCUT2D eigenvalue weighted by molar-refractivity contribution is 1.49. The first-order chi connectivity index (χ1) is 9.92. The molecule has 0 aliphatic rings. The molecular weight excluding hydrogens is 273 g/mol. The van der Waals surface area contributed by atoms with Gasteiger partial charge in [0.05, 0.1) is 11.0 Å². The van der Waals surface area contributed by atoms with E-state index in [9.17, 15) is 0 Å². The minimum absolute atomic E-state index is 0. The van der Waals surface area contributed by atoms with E-state index < -0.39 is 0 Å². The van der Waals surface area contributed by atoms with E-state index in [-0.39, 0.29) is 9.90 Å². The zero-order valence-corrected chi connectivity index (χ0v) is 13.1. The molecule has 1 atom stereocenters. The first-order valence-corrected chi connectivity index (χ1v) is 6.76. The molecule has 1 heterocycles. The van der Waals surface area contributed by atoms with Crippen molar-refractivity contribution in [2.24, 2.45) is 0 Å². The molecule has 21 heavy (non-hydrogen) atoms. The Morgan fingerprint density at radius 2 is 1.33 bits per heavy atom. The molecule has 0 saturated heterocycles. The van der Waals surface area contributed by atoms with Gasteiger partial charge in [-0.3, -0.25) is 0 Å². The molecule has 0 aliphatic carbocycles. The van der Waals surface area contributed by atoms with Crippen LogP contribution in [0.25, 0.3) is 32.9 Å². The number of hydrogen-bond donors (Lipinski definition) is 0. The van der Waals surface area contributed by atoms with Gasteiger partial charge in [0.25, 0.3) is 0 Å². The first kappa shape index (κ1) is 13.7. The molecule has 0 fully saturated rings. The highest BCUT2D eigenvalue weighted by Gasteiger charge is 2.06. The van der Waals surface area contributed by atoms with Crippen molar-refractivity contribution in [3.05, 3.63) is 78.9 Å². The Kier molecular flexibility index (Phi) is 3.68. The van der Waals surface area contributed by atoms with Crippen LogP contribution in [0.15, 0.2) is 78.9 Å². The predicted molar refractivity (Wildman–Crippen MR) is 95.8 cm³/mol. The fraction of sp³-hybridized carbons (Fsp3) is 0. The Morgan fingerprint density at radius 1 is 0.619 bits per heavy atom. The van der Waals surface area contributed by atoms with Crippen LogP contribution in [-0.4, -0.2) is 4.98 Å². The summed E-state index contributed by atoms with van der Waals surface area (Å²) in [5, 5.41) is 2.37. The Balaban J connectivity index is 0.00000132. The average Bonchev–Trinajstić information content (AvgIpc) is 2.53. The number of pyridine rings is 1. The molecule has 102 valence electrons. The lowest BCUT2D eigenvalue weighted by Crippen LogP contribution is -1.86. The molecule has 0 amide bonds. The molecule has 3 aromatic carbocycles. The first-order valence-electron chi connectivity index (χ1n) is 6.76. The van der Waals surface area contributed by atoms with Gasteiger partial charge in [-0.2, -0.15) is 9.90 Å². The van der Waals surface area contributed by atoms with Gasteiger partial charge < -0.3 is 0 Å². The molecule has 4 aromatic rings. The van der Waals surface area contributed by atoms with Crippen molar-refractivity contribution in [1.82, 2.24) is 4.98 Å². The number of hydrogen-bond acceptors (Lipinski definition) is 1. The van der Waals surface area contributed by atoms with Gasteiger partial charge in [0.15, 0.2) is 0 Å². The molecule has 4 rings (SSSR count). The van der Waals surface area contributed by atoms with Crippen LogP contribution in [0.5, 0.6) is 0 Å². The van der Waals surface area contributed by atoms with Gasteiger partial charge in [0, 0.05) is 16.3 Å². The maximum Gasteiger partial charge on any atom is 0.0788 e. The van der Waals surface area contributed by atoms with E-state index in [0.29, 0.717) is 0 Å². The van der Waals surface area contributed by atoms with E-state index in [4.69, 9.17) is 4.98 Å². The van der Waals surface area contributed by atoms with Gasteiger partial charge >= 0.3 is 0 Å². The van der Waals surface area contributed by atoms with Gasteiger partial charge in [0.2, 0.25) is 0 Å². The predicted octanol–water partition coefficient (Wildman–Crippen LogP) is 5.11. The van der Waals surface area contributed by atoms with Crippen LogP contribution in [0.1, 0.15) is 0 Å². The van der Waals surface area contributed by atoms with E-state index in [0.717, 1.165) is 11.0 Å². The van der Waals surface area contributed by atoms with Crippen LogP contribution < -0.4 is 0 Å². The molecule has 0 spiro atoms. The van der Waals surface area contributed by atoms with E-state index in [2.05, 4.69) is 66.7 Å². The van der Waals surface area contributed by atoms with Crippen molar-refractivity contribution in [2.75, 3.05) is 0 Å². The lowest BCUT2D eigenvalue weighted by atomic mass is 10.0. The Morgan fingerprint density at radius 3 is 2.19 bits per heavy atom. The number of benzene rings is 3.